The molecule has 3 aromatic rings. The Hall–Kier alpha value is -2.78. The summed E-state index contributed by atoms with van der Waals surface area (Å²) in [5.74, 6) is -1.92. The van der Waals surface area contributed by atoms with E-state index >= 15 is 4.39 Å². The van der Waals surface area contributed by atoms with Gasteiger partial charge in [-0.1, -0.05) is 23.7 Å². The van der Waals surface area contributed by atoms with Gasteiger partial charge in [0.1, 0.15) is 11.4 Å². The molecule has 9 heteroatoms. The third kappa shape index (κ3) is 3.76. The minimum absolute atomic E-state index is 0.0478. The number of rotatable bonds is 4. The SMILES string of the molecule is O=C1OC2(CCNCC2)c2ccc(F)c(C(=O)c3cn(C[C@H]4CNCCO4)c4cc(Cl)ccc34)c21. The zero-order chi connectivity index (χ0) is 24.2. The van der Waals surface area contributed by atoms with Gasteiger partial charge in [0.25, 0.3) is 0 Å². The Kier molecular flexibility index (Phi) is 5.64. The molecule has 0 unspecified atom stereocenters. The number of carbonyl (C=O) groups excluding carboxylic acids is 2. The second kappa shape index (κ2) is 8.71. The summed E-state index contributed by atoms with van der Waals surface area (Å²) in [5, 5.41) is 7.73. The molecule has 1 atom stereocenters. The minimum Gasteiger partial charge on any atom is -0.450 e. The first-order valence-corrected chi connectivity index (χ1v) is 12.3. The van der Waals surface area contributed by atoms with Gasteiger partial charge >= 0.3 is 5.97 Å². The maximum atomic E-state index is 15.3. The van der Waals surface area contributed by atoms with Crippen molar-refractivity contribution >= 4 is 34.3 Å². The molecule has 3 aliphatic heterocycles. The van der Waals surface area contributed by atoms with Gasteiger partial charge in [-0.2, -0.15) is 0 Å². The van der Waals surface area contributed by atoms with E-state index in [4.69, 9.17) is 21.1 Å². The number of ether oxygens (including phenoxy) is 2. The number of piperidine rings is 1. The fraction of sp³-hybridized carbons (Fsp3) is 0.385. The molecule has 2 N–H and O–H groups in total. The van der Waals surface area contributed by atoms with Crippen LogP contribution < -0.4 is 10.6 Å². The third-order valence-corrected chi connectivity index (χ3v) is 7.50. The second-order valence-corrected chi connectivity index (χ2v) is 9.80. The second-order valence-electron chi connectivity index (χ2n) is 9.36. The molecule has 0 radical (unpaired) electrons. The van der Waals surface area contributed by atoms with E-state index in [-0.39, 0.29) is 17.2 Å². The Labute approximate surface area is 206 Å². The molecular formula is C26H25ClFN3O4. The van der Waals surface area contributed by atoms with E-state index in [2.05, 4.69) is 10.6 Å². The van der Waals surface area contributed by atoms with Crippen LogP contribution in [0.25, 0.3) is 10.9 Å². The van der Waals surface area contributed by atoms with Crippen LogP contribution in [0.3, 0.4) is 0 Å². The van der Waals surface area contributed by atoms with Gasteiger partial charge in [-0.3, -0.25) is 4.79 Å². The molecule has 0 bridgehead atoms. The van der Waals surface area contributed by atoms with E-state index in [0.29, 0.717) is 67.2 Å². The van der Waals surface area contributed by atoms with Gasteiger partial charge < -0.3 is 24.7 Å². The third-order valence-electron chi connectivity index (χ3n) is 7.27. The topological polar surface area (TPSA) is 81.6 Å². The summed E-state index contributed by atoms with van der Waals surface area (Å²) in [4.78, 5) is 26.9. The summed E-state index contributed by atoms with van der Waals surface area (Å²) in [7, 11) is 0. The van der Waals surface area contributed by atoms with E-state index in [9.17, 15) is 9.59 Å². The largest absolute Gasteiger partial charge is 0.450 e. The normalized spacial score (nSPS) is 21.3. The highest BCUT2D eigenvalue weighted by atomic mass is 35.5. The van der Waals surface area contributed by atoms with Crippen LogP contribution >= 0.6 is 11.6 Å². The van der Waals surface area contributed by atoms with Crippen molar-refractivity contribution in [3.05, 3.63) is 69.6 Å². The number of fused-ring (bicyclic) bond motifs is 3. The quantitative estimate of drug-likeness (QED) is 0.425. The molecule has 2 saturated heterocycles. The average molecular weight is 498 g/mol. The lowest BCUT2D eigenvalue weighted by Crippen LogP contribution is -2.40. The lowest BCUT2D eigenvalue weighted by atomic mass is 9.82. The summed E-state index contributed by atoms with van der Waals surface area (Å²) in [6, 6.07) is 8.11. The van der Waals surface area contributed by atoms with Crippen LogP contribution in [0.2, 0.25) is 5.02 Å². The number of morpholine rings is 1. The summed E-state index contributed by atoms with van der Waals surface area (Å²) in [6.07, 6.45) is 2.80. The fourth-order valence-electron chi connectivity index (χ4n) is 5.56. The van der Waals surface area contributed by atoms with Crippen molar-refractivity contribution in [2.24, 2.45) is 0 Å². The van der Waals surface area contributed by atoms with Gasteiger partial charge in [-0.25, -0.2) is 9.18 Å². The molecule has 2 fully saturated rings. The van der Waals surface area contributed by atoms with Gasteiger partial charge in [0.15, 0.2) is 5.78 Å². The standard InChI is InChI=1S/C26H25ClFN3O4/c27-15-1-2-17-18(14-31(21(17)11-15)13-16-12-30-9-10-34-16)24(32)23-20(28)4-3-19-22(23)25(33)35-26(19)5-7-29-8-6-26/h1-4,11,14,16,29-30H,5-10,12-13H2/t16-/m1/s1. The number of nitrogens with zero attached hydrogens (tertiary/aromatic N) is 1. The summed E-state index contributed by atoms with van der Waals surface area (Å²) < 4.78 is 28.8. The van der Waals surface area contributed by atoms with E-state index in [0.717, 1.165) is 12.1 Å². The van der Waals surface area contributed by atoms with E-state index in [1.54, 1.807) is 30.5 Å². The Morgan fingerprint density at radius 2 is 2.00 bits per heavy atom. The van der Waals surface area contributed by atoms with Gasteiger partial charge in [0.05, 0.1) is 35.9 Å². The van der Waals surface area contributed by atoms with Gasteiger partial charge in [0, 0.05) is 53.7 Å². The Bertz CT molecular complexity index is 1340. The van der Waals surface area contributed by atoms with Crippen LogP contribution in [0.15, 0.2) is 36.5 Å². The van der Waals surface area contributed by atoms with Crippen LogP contribution in [0, 0.1) is 5.82 Å². The monoisotopic (exact) mass is 497 g/mol. The fourth-order valence-corrected chi connectivity index (χ4v) is 5.73. The maximum Gasteiger partial charge on any atom is 0.340 e. The molecule has 0 amide bonds. The van der Waals surface area contributed by atoms with Crippen LogP contribution in [-0.4, -0.2) is 55.2 Å². The molecular weight excluding hydrogens is 473 g/mol. The molecule has 0 aliphatic carbocycles. The zero-order valence-electron chi connectivity index (χ0n) is 19.0. The van der Waals surface area contributed by atoms with Gasteiger partial charge in [-0.05, 0) is 31.3 Å². The average Bonchev–Trinajstić information content (AvgIpc) is 3.34. The molecule has 0 saturated carbocycles. The number of halogens is 2. The maximum absolute atomic E-state index is 15.3. The van der Waals surface area contributed by atoms with Crippen molar-refractivity contribution in [3.63, 3.8) is 0 Å². The molecule has 1 spiro atoms. The van der Waals surface area contributed by atoms with Crippen molar-refractivity contribution in [2.45, 2.75) is 31.1 Å². The van der Waals surface area contributed by atoms with Crippen LogP contribution in [0.1, 0.15) is 44.7 Å². The van der Waals surface area contributed by atoms with Crippen LogP contribution in [0.5, 0.6) is 0 Å². The molecule has 7 nitrogen and oxygen atoms in total. The van der Waals surface area contributed by atoms with Crippen molar-refractivity contribution in [1.82, 2.24) is 15.2 Å². The molecule has 3 aliphatic rings. The van der Waals surface area contributed by atoms with Crippen molar-refractivity contribution in [1.29, 1.82) is 0 Å². The van der Waals surface area contributed by atoms with Crippen LogP contribution in [0.4, 0.5) is 4.39 Å². The van der Waals surface area contributed by atoms with Gasteiger partial charge in [-0.15, -0.1) is 0 Å². The highest BCUT2D eigenvalue weighted by Crippen LogP contribution is 2.45. The Morgan fingerprint density at radius 1 is 1.17 bits per heavy atom. The highest BCUT2D eigenvalue weighted by Gasteiger charge is 2.48. The Balaban J connectivity index is 1.46. The smallest absolute Gasteiger partial charge is 0.340 e. The molecule has 6 rings (SSSR count). The first-order chi connectivity index (χ1) is 17.0. The number of esters is 1. The number of nitrogens with one attached hydrogen (secondary N) is 2. The predicted octanol–water partition coefficient (Wildman–Crippen LogP) is 3.40. The lowest BCUT2D eigenvalue weighted by molar-refractivity contribution is -0.0242. The molecule has 1 aromatic heterocycles. The lowest BCUT2D eigenvalue weighted by Gasteiger charge is -2.33. The number of ketones is 1. The molecule has 4 heterocycles. The first kappa shape index (κ1) is 22.7. The zero-order valence-corrected chi connectivity index (χ0v) is 19.8. The Morgan fingerprint density at radius 3 is 2.77 bits per heavy atom. The number of hydrogen-bond acceptors (Lipinski definition) is 6. The first-order valence-electron chi connectivity index (χ1n) is 11.9. The van der Waals surface area contributed by atoms with Crippen LogP contribution in [-0.2, 0) is 21.6 Å². The van der Waals surface area contributed by atoms with E-state index in [1.165, 1.54) is 6.07 Å². The van der Waals surface area contributed by atoms with Gasteiger partial charge in [0.2, 0.25) is 0 Å². The highest BCUT2D eigenvalue weighted by molar-refractivity contribution is 6.31. The molecule has 182 valence electrons. The van der Waals surface area contributed by atoms with Crippen molar-refractivity contribution < 1.29 is 23.5 Å². The minimum atomic E-state index is -0.812. The molecule has 2 aromatic carbocycles. The van der Waals surface area contributed by atoms with E-state index < -0.39 is 23.2 Å². The number of hydrogen-bond donors (Lipinski definition) is 2. The number of carbonyl (C=O) groups is 2. The van der Waals surface area contributed by atoms with E-state index in [1.807, 2.05) is 4.57 Å². The summed E-state index contributed by atoms with van der Waals surface area (Å²) in [5.41, 5.74) is 0.668. The summed E-state index contributed by atoms with van der Waals surface area (Å²) >= 11 is 6.27. The number of benzene rings is 2. The number of aromatic nitrogens is 1. The predicted molar refractivity (Wildman–Crippen MR) is 129 cm³/mol. The summed E-state index contributed by atoms with van der Waals surface area (Å²) in [6.45, 7) is 3.96. The van der Waals surface area contributed by atoms with Crippen molar-refractivity contribution in [3.8, 4) is 0 Å². The van der Waals surface area contributed by atoms with Crippen molar-refractivity contribution in [2.75, 3.05) is 32.8 Å². The molecule has 35 heavy (non-hydrogen) atoms.